The van der Waals surface area contributed by atoms with Gasteiger partial charge in [-0.15, -0.1) is 11.3 Å². The summed E-state index contributed by atoms with van der Waals surface area (Å²) in [4.78, 5) is 27.0. The molecule has 6 nitrogen and oxygen atoms in total. The summed E-state index contributed by atoms with van der Waals surface area (Å²) in [5.41, 5.74) is 6.20. The molecule has 0 fully saturated rings. The van der Waals surface area contributed by atoms with Crippen LogP contribution in [-0.4, -0.2) is 15.8 Å². The molecular weight excluding hydrogens is 362 g/mol. The number of nitrogens with one attached hydrogen (secondary N) is 1. The lowest BCUT2D eigenvalue weighted by Gasteiger charge is -2.07. The smallest absolute Gasteiger partial charge is 0.269 e. The first kappa shape index (κ1) is 18.7. The average molecular weight is 381 g/mol. The molecule has 2 aromatic carbocycles. The lowest BCUT2D eigenvalue weighted by molar-refractivity contribution is -0.384. The van der Waals surface area contributed by atoms with Gasteiger partial charge in [-0.1, -0.05) is 18.2 Å². The lowest BCUT2D eigenvalue weighted by Crippen LogP contribution is -2.14. The number of amides is 1. The molecule has 1 amide bonds. The topological polar surface area (TPSA) is 85.1 Å². The van der Waals surface area contributed by atoms with E-state index in [4.69, 9.17) is 0 Å². The fourth-order valence-electron chi connectivity index (χ4n) is 2.78. The minimum atomic E-state index is -0.463. The standard InChI is InChI=1S/C20H19N3O3S/c1-12-8-14(3)17(9-13(12)2)18-11-27-20(21-18)22-19(24)10-15-4-6-16(7-5-15)23(25)26/h4-9,11H,10H2,1-3H3,(H,21,22,24). The van der Waals surface area contributed by atoms with Crippen molar-refractivity contribution < 1.29 is 9.72 Å². The van der Waals surface area contributed by atoms with E-state index >= 15 is 0 Å². The summed E-state index contributed by atoms with van der Waals surface area (Å²) in [6.45, 7) is 6.20. The van der Waals surface area contributed by atoms with Crippen molar-refractivity contribution in [1.29, 1.82) is 0 Å². The van der Waals surface area contributed by atoms with Gasteiger partial charge < -0.3 is 5.32 Å². The molecule has 0 radical (unpaired) electrons. The van der Waals surface area contributed by atoms with Crippen LogP contribution in [0.15, 0.2) is 41.8 Å². The lowest BCUT2D eigenvalue weighted by atomic mass is 9.99. The Labute approximate surface area is 161 Å². The Morgan fingerprint density at radius 2 is 1.78 bits per heavy atom. The highest BCUT2D eigenvalue weighted by molar-refractivity contribution is 7.14. The van der Waals surface area contributed by atoms with Crippen LogP contribution in [0.3, 0.4) is 0 Å². The van der Waals surface area contributed by atoms with Crippen molar-refractivity contribution in [3.05, 3.63) is 74.1 Å². The second kappa shape index (κ2) is 7.67. The quantitative estimate of drug-likeness (QED) is 0.507. The minimum Gasteiger partial charge on any atom is -0.302 e. The van der Waals surface area contributed by atoms with Gasteiger partial charge in [-0.25, -0.2) is 4.98 Å². The van der Waals surface area contributed by atoms with Crippen molar-refractivity contribution in [2.45, 2.75) is 27.2 Å². The Kier molecular flexibility index (Phi) is 5.32. The third-order valence-electron chi connectivity index (χ3n) is 4.38. The summed E-state index contributed by atoms with van der Waals surface area (Å²) in [6, 6.07) is 10.2. The van der Waals surface area contributed by atoms with E-state index in [2.05, 4.69) is 36.3 Å². The molecule has 3 rings (SSSR count). The molecular formula is C20H19N3O3S. The zero-order valence-corrected chi connectivity index (χ0v) is 16.1. The van der Waals surface area contributed by atoms with Crippen LogP contribution in [0.2, 0.25) is 0 Å². The maximum atomic E-state index is 12.2. The molecule has 138 valence electrons. The Hall–Kier alpha value is -3.06. The summed E-state index contributed by atoms with van der Waals surface area (Å²) in [6.07, 6.45) is 0.134. The molecule has 27 heavy (non-hydrogen) atoms. The number of rotatable bonds is 5. The van der Waals surface area contributed by atoms with Crippen molar-refractivity contribution in [2.24, 2.45) is 0 Å². The van der Waals surface area contributed by atoms with E-state index in [-0.39, 0.29) is 18.0 Å². The number of aryl methyl sites for hydroxylation is 3. The monoisotopic (exact) mass is 381 g/mol. The predicted octanol–water partition coefficient (Wildman–Crippen LogP) is 4.82. The molecule has 1 aromatic heterocycles. The van der Waals surface area contributed by atoms with E-state index < -0.39 is 4.92 Å². The number of nitro groups is 1. The van der Waals surface area contributed by atoms with Gasteiger partial charge in [0.05, 0.1) is 17.0 Å². The van der Waals surface area contributed by atoms with E-state index in [1.54, 1.807) is 12.1 Å². The number of hydrogen-bond donors (Lipinski definition) is 1. The summed E-state index contributed by atoms with van der Waals surface area (Å²) in [7, 11) is 0. The van der Waals surface area contributed by atoms with E-state index in [1.165, 1.54) is 34.6 Å². The largest absolute Gasteiger partial charge is 0.302 e. The number of anilines is 1. The molecule has 0 unspecified atom stereocenters. The minimum absolute atomic E-state index is 0.00693. The summed E-state index contributed by atoms with van der Waals surface area (Å²) in [5.74, 6) is -0.207. The van der Waals surface area contributed by atoms with Crippen molar-refractivity contribution >= 4 is 28.1 Å². The molecule has 7 heteroatoms. The summed E-state index contributed by atoms with van der Waals surface area (Å²) >= 11 is 1.38. The normalized spacial score (nSPS) is 10.6. The van der Waals surface area contributed by atoms with E-state index in [9.17, 15) is 14.9 Å². The van der Waals surface area contributed by atoms with Gasteiger partial charge in [-0.3, -0.25) is 14.9 Å². The highest BCUT2D eigenvalue weighted by Crippen LogP contribution is 2.29. The Morgan fingerprint density at radius 3 is 2.44 bits per heavy atom. The van der Waals surface area contributed by atoms with Gasteiger partial charge in [0.25, 0.3) is 5.69 Å². The highest BCUT2D eigenvalue weighted by Gasteiger charge is 2.12. The second-order valence-corrected chi connectivity index (χ2v) is 7.30. The van der Waals surface area contributed by atoms with Gasteiger partial charge in [0, 0.05) is 23.1 Å². The maximum Gasteiger partial charge on any atom is 0.269 e. The molecule has 0 aliphatic rings. The third kappa shape index (κ3) is 4.38. The number of carbonyl (C=O) groups is 1. The van der Waals surface area contributed by atoms with Crippen molar-refractivity contribution in [2.75, 3.05) is 5.32 Å². The molecule has 0 atom stereocenters. The molecule has 0 saturated heterocycles. The number of non-ortho nitro benzene ring substituents is 1. The summed E-state index contributed by atoms with van der Waals surface area (Å²) in [5, 5.41) is 15.9. The number of nitrogens with zero attached hydrogens (tertiary/aromatic N) is 2. The fourth-order valence-corrected chi connectivity index (χ4v) is 3.50. The fraction of sp³-hybridized carbons (Fsp3) is 0.200. The van der Waals surface area contributed by atoms with Crippen LogP contribution in [0.25, 0.3) is 11.3 Å². The van der Waals surface area contributed by atoms with Crippen LogP contribution < -0.4 is 5.32 Å². The van der Waals surface area contributed by atoms with Crippen molar-refractivity contribution in [3.8, 4) is 11.3 Å². The first-order valence-corrected chi connectivity index (χ1v) is 9.28. The number of thiazole rings is 1. The van der Waals surface area contributed by atoms with Crippen LogP contribution >= 0.6 is 11.3 Å². The van der Waals surface area contributed by atoms with Crippen LogP contribution in [0.1, 0.15) is 22.3 Å². The summed E-state index contributed by atoms with van der Waals surface area (Å²) < 4.78 is 0. The van der Waals surface area contributed by atoms with Gasteiger partial charge in [0.15, 0.2) is 5.13 Å². The van der Waals surface area contributed by atoms with E-state index in [0.717, 1.165) is 16.8 Å². The molecule has 1 heterocycles. The maximum absolute atomic E-state index is 12.2. The van der Waals surface area contributed by atoms with Gasteiger partial charge in [0.2, 0.25) is 5.91 Å². The average Bonchev–Trinajstić information content (AvgIpc) is 3.06. The molecule has 0 bridgehead atoms. The second-order valence-electron chi connectivity index (χ2n) is 6.44. The third-order valence-corrected chi connectivity index (χ3v) is 5.14. The first-order valence-electron chi connectivity index (χ1n) is 8.40. The molecule has 0 spiro atoms. The first-order chi connectivity index (χ1) is 12.8. The molecule has 0 aliphatic carbocycles. The molecule has 3 aromatic rings. The number of aromatic nitrogens is 1. The van der Waals surface area contributed by atoms with E-state index in [1.807, 2.05) is 12.3 Å². The van der Waals surface area contributed by atoms with Crippen molar-refractivity contribution in [1.82, 2.24) is 4.98 Å². The Balaban J connectivity index is 1.69. The Morgan fingerprint density at radius 1 is 1.11 bits per heavy atom. The SMILES string of the molecule is Cc1cc(C)c(-c2csc(NC(=O)Cc3ccc([N+](=O)[O-])cc3)n2)cc1C. The van der Waals surface area contributed by atoms with Gasteiger partial charge in [0.1, 0.15) is 0 Å². The number of benzene rings is 2. The number of carbonyl (C=O) groups excluding carboxylic acids is 1. The van der Waals surface area contributed by atoms with Crippen LogP contribution in [0.4, 0.5) is 10.8 Å². The molecule has 0 saturated carbocycles. The van der Waals surface area contributed by atoms with Gasteiger partial charge in [-0.2, -0.15) is 0 Å². The Bertz CT molecular complexity index is 1010. The number of nitro benzene ring substituents is 1. The van der Waals surface area contributed by atoms with Crippen LogP contribution in [-0.2, 0) is 11.2 Å². The highest BCUT2D eigenvalue weighted by atomic mass is 32.1. The zero-order chi connectivity index (χ0) is 19.6. The number of hydrogen-bond acceptors (Lipinski definition) is 5. The zero-order valence-electron chi connectivity index (χ0n) is 15.3. The molecule has 1 N–H and O–H groups in total. The van der Waals surface area contributed by atoms with E-state index in [0.29, 0.717) is 10.7 Å². The van der Waals surface area contributed by atoms with Crippen molar-refractivity contribution in [3.63, 3.8) is 0 Å². The van der Waals surface area contributed by atoms with Crippen LogP contribution in [0.5, 0.6) is 0 Å². The van der Waals surface area contributed by atoms with Gasteiger partial charge in [-0.05, 0) is 49.1 Å². The van der Waals surface area contributed by atoms with Gasteiger partial charge >= 0.3 is 0 Å². The van der Waals surface area contributed by atoms with Crippen LogP contribution in [0, 0.1) is 30.9 Å². The predicted molar refractivity (Wildman–Crippen MR) is 107 cm³/mol. The molecule has 0 aliphatic heterocycles.